The van der Waals surface area contributed by atoms with E-state index in [1.165, 1.54) is 17.4 Å². The number of hydrogen-bond acceptors (Lipinski definition) is 4. The van der Waals surface area contributed by atoms with Gasteiger partial charge in [-0.1, -0.05) is 24.4 Å². The van der Waals surface area contributed by atoms with Gasteiger partial charge in [-0.3, -0.25) is 14.4 Å². The number of Topliss-reactive ketones (excluding diaryl/α,β-unsaturated/α-hetero) is 1. The maximum atomic E-state index is 13.2. The van der Waals surface area contributed by atoms with Gasteiger partial charge in [0.1, 0.15) is 5.78 Å². The normalized spacial score (nSPS) is 20.1. The SMILES string of the molecule is O=C(Nc1ccc(Cl)c(C(F)(F)F)c1)c1c(CC(=O)C2CCCCC2C(=O)O)sc2c1CCC2. The van der Waals surface area contributed by atoms with E-state index in [-0.39, 0.29) is 17.9 Å². The topological polar surface area (TPSA) is 83.5 Å². The van der Waals surface area contributed by atoms with Gasteiger partial charge >= 0.3 is 12.1 Å². The largest absolute Gasteiger partial charge is 0.481 e. The van der Waals surface area contributed by atoms with Gasteiger partial charge in [0.15, 0.2) is 0 Å². The number of aliphatic carboxylic acids is 1. The molecule has 0 spiro atoms. The predicted molar refractivity (Wildman–Crippen MR) is 123 cm³/mol. The number of carbonyl (C=O) groups excluding carboxylic acids is 2. The van der Waals surface area contributed by atoms with E-state index in [4.69, 9.17) is 11.6 Å². The number of anilines is 1. The maximum Gasteiger partial charge on any atom is 0.417 e. The lowest BCUT2D eigenvalue weighted by Crippen LogP contribution is -2.33. The van der Waals surface area contributed by atoms with Crippen molar-refractivity contribution >= 4 is 46.3 Å². The maximum absolute atomic E-state index is 13.2. The minimum absolute atomic E-state index is 0.0461. The van der Waals surface area contributed by atoms with Crippen molar-refractivity contribution in [1.82, 2.24) is 0 Å². The second-order valence-corrected chi connectivity index (χ2v) is 10.4. The summed E-state index contributed by atoms with van der Waals surface area (Å²) in [4.78, 5) is 39.5. The van der Waals surface area contributed by atoms with Crippen LogP contribution in [0.15, 0.2) is 18.2 Å². The van der Waals surface area contributed by atoms with Crippen molar-refractivity contribution in [3.63, 3.8) is 0 Å². The van der Waals surface area contributed by atoms with Crippen LogP contribution in [0.25, 0.3) is 0 Å². The number of hydrogen-bond donors (Lipinski definition) is 2. The number of aryl methyl sites for hydroxylation is 1. The van der Waals surface area contributed by atoms with Crippen LogP contribution in [0.2, 0.25) is 5.02 Å². The van der Waals surface area contributed by atoms with E-state index in [2.05, 4.69) is 5.32 Å². The highest BCUT2D eigenvalue weighted by molar-refractivity contribution is 7.12. The first-order valence-corrected chi connectivity index (χ1v) is 12.3. The van der Waals surface area contributed by atoms with Crippen molar-refractivity contribution in [2.45, 2.75) is 57.5 Å². The van der Waals surface area contributed by atoms with E-state index >= 15 is 0 Å². The summed E-state index contributed by atoms with van der Waals surface area (Å²) in [5, 5.41) is 11.6. The molecule has 2 aromatic rings. The van der Waals surface area contributed by atoms with Crippen LogP contribution in [-0.4, -0.2) is 22.8 Å². The fraction of sp³-hybridized carbons (Fsp3) is 0.458. The number of fused-ring (bicyclic) bond motifs is 1. The number of carboxylic acid groups (broad SMARTS) is 1. The van der Waals surface area contributed by atoms with Gasteiger partial charge in [0, 0.05) is 27.8 Å². The standard InChI is InChI=1S/C24H23ClF3NO4S/c25-17-9-8-12(10-16(17)24(26,27)28)29-22(31)21-15-6-3-7-19(15)34-20(21)11-18(30)13-4-1-2-5-14(13)23(32)33/h8-10,13-14H,1-7,11H2,(H,29,31)(H,32,33). The molecule has 182 valence electrons. The molecular formula is C24H23ClF3NO4S. The molecule has 0 saturated heterocycles. The molecule has 1 aromatic carbocycles. The molecule has 0 radical (unpaired) electrons. The summed E-state index contributed by atoms with van der Waals surface area (Å²) in [6.07, 6.45) is 0.0789. The van der Waals surface area contributed by atoms with E-state index in [9.17, 15) is 32.7 Å². The lowest BCUT2D eigenvalue weighted by molar-refractivity contribution is -0.148. The van der Waals surface area contributed by atoms with Gasteiger partial charge in [0.2, 0.25) is 0 Å². The highest BCUT2D eigenvalue weighted by atomic mass is 35.5. The fourth-order valence-corrected chi connectivity index (χ4v) is 6.59. The molecule has 2 atom stereocenters. The van der Waals surface area contributed by atoms with Crippen LogP contribution in [-0.2, 0) is 35.0 Å². The van der Waals surface area contributed by atoms with Crippen molar-refractivity contribution in [2.24, 2.45) is 11.8 Å². The molecule has 2 aliphatic carbocycles. The first-order chi connectivity index (χ1) is 16.1. The van der Waals surface area contributed by atoms with Gasteiger partial charge in [0.05, 0.1) is 22.1 Å². The third kappa shape index (κ3) is 5.00. The minimum Gasteiger partial charge on any atom is -0.481 e. The summed E-state index contributed by atoms with van der Waals surface area (Å²) in [5.41, 5.74) is 0.0656. The van der Waals surface area contributed by atoms with Crippen LogP contribution in [0, 0.1) is 11.8 Å². The number of alkyl halides is 3. The number of ketones is 1. The van der Waals surface area contributed by atoms with Gasteiger partial charge in [-0.25, -0.2) is 0 Å². The fourth-order valence-electron chi connectivity index (χ4n) is 4.96. The Morgan fingerprint density at radius 1 is 1.09 bits per heavy atom. The van der Waals surface area contributed by atoms with Gasteiger partial charge in [0.25, 0.3) is 5.91 Å². The summed E-state index contributed by atoms with van der Waals surface area (Å²) in [6, 6.07) is 3.17. The summed E-state index contributed by atoms with van der Waals surface area (Å²) < 4.78 is 39.7. The zero-order valence-electron chi connectivity index (χ0n) is 18.1. The van der Waals surface area contributed by atoms with Crippen molar-refractivity contribution in [3.05, 3.63) is 49.7 Å². The van der Waals surface area contributed by atoms with E-state index < -0.39 is 40.5 Å². The van der Waals surface area contributed by atoms with Crippen molar-refractivity contribution < 1.29 is 32.7 Å². The molecular weight excluding hydrogens is 491 g/mol. The number of thiophene rings is 1. The Kier molecular flexibility index (Phi) is 7.05. The molecule has 4 rings (SSSR count). The second kappa shape index (κ2) is 9.70. The molecule has 0 aliphatic heterocycles. The zero-order chi connectivity index (χ0) is 24.6. The molecule has 34 heavy (non-hydrogen) atoms. The van der Waals surface area contributed by atoms with E-state index in [0.29, 0.717) is 29.7 Å². The molecule has 1 heterocycles. The average Bonchev–Trinajstić information content (AvgIpc) is 3.35. The van der Waals surface area contributed by atoms with Crippen LogP contribution in [0.3, 0.4) is 0 Å². The lowest BCUT2D eigenvalue weighted by Gasteiger charge is -2.27. The highest BCUT2D eigenvalue weighted by Gasteiger charge is 2.37. The number of nitrogens with one attached hydrogen (secondary N) is 1. The molecule has 5 nitrogen and oxygen atoms in total. The van der Waals surface area contributed by atoms with Gasteiger partial charge in [-0.15, -0.1) is 11.3 Å². The molecule has 1 saturated carbocycles. The smallest absolute Gasteiger partial charge is 0.417 e. The van der Waals surface area contributed by atoms with E-state index in [0.717, 1.165) is 48.3 Å². The van der Waals surface area contributed by atoms with Crippen molar-refractivity contribution in [2.75, 3.05) is 5.32 Å². The number of carboxylic acids is 1. The Balaban J connectivity index is 1.60. The number of benzene rings is 1. The summed E-state index contributed by atoms with van der Waals surface area (Å²) in [5.74, 6) is -3.07. The number of amides is 1. The summed E-state index contributed by atoms with van der Waals surface area (Å²) >= 11 is 7.04. The Bertz CT molecular complexity index is 1140. The number of carbonyl (C=O) groups is 3. The molecule has 0 bridgehead atoms. The number of halogens is 4. The van der Waals surface area contributed by atoms with Crippen LogP contribution in [0.5, 0.6) is 0 Å². The first-order valence-electron chi connectivity index (χ1n) is 11.1. The van der Waals surface area contributed by atoms with Crippen molar-refractivity contribution in [3.8, 4) is 0 Å². The quantitative estimate of drug-likeness (QED) is 0.484. The van der Waals surface area contributed by atoms with E-state index in [1.807, 2.05) is 0 Å². The molecule has 1 fully saturated rings. The van der Waals surface area contributed by atoms with Crippen LogP contribution < -0.4 is 5.32 Å². The van der Waals surface area contributed by atoms with Crippen molar-refractivity contribution in [1.29, 1.82) is 0 Å². The highest BCUT2D eigenvalue weighted by Crippen LogP contribution is 2.39. The molecule has 1 aromatic heterocycles. The molecule has 1 amide bonds. The lowest BCUT2D eigenvalue weighted by atomic mass is 9.76. The van der Waals surface area contributed by atoms with Gasteiger partial charge in [-0.2, -0.15) is 13.2 Å². The van der Waals surface area contributed by atoms with E-state index in [1.54, 1.807) is 0 Å². The Labute approximate surface area is 203 Å². The van der Waals surface area contributed by atoms with Crippen LogP contribution in [0.1, 0.15) is 63.3 Å². The second-order valence-electron chi connectivity index (χ2n) is 8.78. The summed E-state index contributed by atoms with van der Waals surface area (Å²) in [7, 11) is 0. The monoisotopic (exact) mass is 513 g/mol. The molecule has 2 N–H and O–H groups in total. The molecule has 2 unspecified atom stereocenters. The molecule has 2 aliphatic rings. The van der Waals surface area contributed by atoms with Crippen LogP contribution >= 0.6 is 22.9 Å². The third-order valence-electron chi connectivity index (χ3n) is 6.58. The van der Waals surface area contributed by atoms with Crippen LogP contribution in [0.4, 0.5) is 18.9 Å². The van der Waals surface area contributed by atoms with Gasteiger partial charge < -0.3 is 10.4 Å². The van der Waals surface area contributed by atoms with Gasteiger partial charge in [-0.05, 0) is 55.9 Å². The Morgan fingerprint density at radius 2 is 1.79 bits per heavy atom. The summed E-state index contributed by atoms with van der Waals surface area (Å²) in [6.45, 7) is 0. The Hall–Kier alpha value is -2.39. The Morgan fingerprint density at radius 3 is 2.47 bits per heavy atom. The molecule has 10 heteroatoms. The minimum atomic E-state index is -4.67. The average molecular weight is 514 g/mol. The third-order valence-corrected chi connectivity index (χ3v) is 8.20. The first kappa shape index (κ1) is 24.7. The predicted octanol–water partition coefficient (Wildman–Crippen LogP) is 6.16. The zero-order valence-corrected chi connectivity index (χ0v) is 19.7. The number of rotatable bonds is 6.